The molecule has 0 unspecified atom stereocenters. The highest BCUT2D eigenvalue weighted by molar-refractivity contribution is 7.17. The second kappa shape index (κ2) is 5.79. The molecule has 7 heteroatoms. The lowest BCUT2D eigenvalue weighted by molar-refractivity contribution is 0.0958. The molecule has 20 heavy (non-hydrogen) atoms. The number of nitrogens with zero attached hydrogens (tertiary/aromatic N) is 2. The molecular weight excluding hydrogens is 279 g/mol. The van der Waals surface area contributed by atoms with Crippen molar-refractivity contribution in [1.82, 2.24) is 10.4 Å². The number of amides is 1. The molecule has 2 rings (SSSR count). The van der Waals surface area contributed by atoms with Crippen molar-refractivity contribution in [3.63, 3.8) is 0 Å². The molecule has 0 bridgehead atoms. The lowest BCUT2D eigenvalue weighted by Crippen LogP contribution is -2.19. The second-order valence-electron chi connectivity index (χ2n) is 4.11. The molecule has 1 aromatic carbocycles. The van der Waals surface area contributed by atoms with Crippen molar-refractivity contribution in [2.75, 3.05) is 5.73 Å². The Hall–Kier alpha value is -2.28. The number of hydrazone groups is 1. The zero-order valence-corrected chi connectivity index (χ0v) is 11.8. The van der Waals surface area contributed by atoms with E-state index in [0.717, 1.165) is 16.9 Å². The van der Waals surface area contributed by atoms with E-state index in [4.69, 9.17) is 5.73 Å². The van der Waals surface area contributed by atoms with Gasteiger partial charge in [-0.2, -0.15) is 5.10 Å². The van der Waals surface area contributed by atoms with E-state index in [1.54, 1.807) is 26.0 Å². The van der Waals surface area contributed by atoms with Gasteiger partial charge < -0.3 is 5.73 Å². The van der Waals surface area contributed by atoms with Crippen LogP contribution in [0.5, 0.6) is 0 Å². The summed E-state index contributed by atoms with van der Waals surface area (Å²) in [6.07, 6.45) is 0. The molecule has 0 aliphatic heterocycles. The predicted molar refractivity (Wildman–Crippen MR) is 77.3 cm³/mol. The summed E-state index contributed by atoms with van der Waals surface area (Å²) in [5.41, 5.74) is 9.85. The van der Waals surface area contributed by atoms with Crippen LogP contribution in [0.2, 0.25) is 0 Å². The highest BCUT2D eigenvalue weighted by Crippen LogP contribution is 2.19. The summed E-state index contributed by atoms with van der Waals surface area (Å²) < 4.78 is 12.8. The second-order valence-corrected chi connectivity index (χ2v) is 5.14. The molecule has 0 spiro atoms. The van der Waals surface area contributed by atoms with Crippen LogP contribution in [0.15, 0.2) is 29.4 Å². The van der Waals surface area contributed by atoms with E-state index >= 15 is 0 Å². The highest BCUT2D eigenvalue weighted by Gasteiger charge is 2.13. The molecule has 2 aromatic rings. The maximum absolute atomic E-state index is 12.8. The van der Waals surface area contributed by atoms with E-state index in [1.165, 1.54) is 12.1 Å². The quantitative estimate of drug-likeness (QED) is 0.673. The lowest BCUT2D eigenvalue weighted by Gasteiger charge is -2.02. The summed E-state index contributed by atoms with van der Waals surface area (Å²) in [4.78, 5) is 16.3. The van der Waals surface area contributed by atoms with Gasteiger partial charge in [0.1, 0.15) is 10.7 Å². The number of anilines is 1. The third-order valence-electron chi connectivity index (χ3n) is 2.61. The maximum Gasteiger partial charge on any atom is 0.283 e. The Bertz CT molecular complexity index is 664. The molecule has 1 aromatic heterocycles. The number of nitrogens with one attached hydrogen (secondary N) is 1. The average molecular weight is 292 g/mol. The van der Waals surface area contributed by atoms with E-state index in [0.29, 0.717) is 21.4 Å². The normalized spacial score (nSPS) is 11.4. The molecule has 0 atom stereocenters. The van der Waals surface area contributed by atoms with Gasteiger partial charge in [0.05, 0.1) is 11.4 Å². The monoisotopic (exact) mass is 292 g/mol. The van der Waals surface area contributed by atoms with Crippen LogP contribution in [0.1, 0.15) is 27.9 Å². The molecule has 0 aliphatic rings. The summed E-state index contributed by atoms with van der Waals surface area (Å²) >= 11 is 1.11. The smallest absolute Gasteiger partial charge is 0.283 e. The third kappa shape index (κ3) is 3.18. The van der Waals surface area contributed by atoms with Crippen molar-refractivity contribution in [2.24, 2.45) is 5.10 Å². The van der Waals surface area contributed by atoms with Crippen LogP contribution in [0.25, 0.3) is 0 Å². The van der Waals surface area contributed by atoms with E-state index in [-0.39, 0.29) is 11.7 Å². The van der Waals surface area contributed by atoms with Crippen molar-refractivity contribution in [2.45, 2.75) is 13.8 Å². The number of carbonyl (C=O) groups is 1. The highest BCUT2D eigenvalue weighted by atomic mass is 32.1. The van der Waals surface area contributed by atoms with Crippen molar-refractivity contribution < 1.29 is 9.18 Å². The predicted octanol–water partition coefficient (Wildman–Crippen LogP) is 2.33. The van der Waals surface area contributed by atoms with Crippen LogP contribution >= 0.6 is 11.3 Å². The van der Waals surface area contributed by atoms with Gasteiger partial charge in [-0.25, -0.2) is 14.8 Å². The molecule has 5 nitrogen and oxygen atoms in total. The minimum Gasteiger partial charge on any atom is -0.375 e. The van der Waals surface area contributed by atoms with Gasteiger partial charge in [0.25, 0.3) is 5.91 Å². The SMILES string of the molecule is C/C(=N\NC(=O)c1sc(N)nc1C)c1ccc(F)cc1. The first-order chi connectivity index (χ1) is 9.47. The summed E-state index contributed by atoms with van der Waals surface area (Å²) in [7, 11) is 0. The minimum atomic E-state index is -0.363. The summed E-state index contributed by atoms with van der Waals surface area (Å²) in [6.45, 7) is 3.43. The first kappa shape index (κ1) is 14.1. The zero-order chi connectivity index (χ0) is 14.7. The molecule has 3 N–H and O–H groups in total. The maximum atomic E-state index is 12.8. The van der Waals surface area contributed by atoms with Gasteiger partial charge in [0.2, 0.25) is 0 Å². The number of thiazole rings is 1. The van der Waals surface area contributed by atoms with Crippen LogP contribution in [0, 0.1) is 12.7 Å². The Labute approximate surface area is 119 Å². The number of benzene rings is 1. The van der Waals surface area contributed by atoms with Gasteiger partial charge in [-0.3, -0.25) is 4.79 Å². The van der Waals surface area contributed by atoms with Crippen LogP contribution in [0.3, 0.4) is 0 Å². The molecule has 0 saturated carbocycles. The number of nitrogen functional groups attached to an aromatic ring is 1. The average Bonchev–Trinajstić information content (AvgIpc) is 2.75. The zero-order valence-electron chi connectivity index (χ0n) is 11.0. The van der Waals surface area contributed by atoms with Crippen LogP contribution in [0.4, 0.5) is 9.52 Å². The molecule has 1 amide bonds. The van der Waals surface area contributed by atoms with Crippen molar-refractivity contribution in [3.05, 3.63) is 46.2 Å². The Balaban J connectivity index is 2.10. The van der Waals surface area contributed by atoms with Gasteiger partial charge in [-0.05, 0) is 31.5 Å². The van der Waals surface area contributed by atoms with Crippen LogP contribution in [-0.4, -0.2) is 16.6 Å². The Morgan fingerprint density at radius 3 is 2.60 bits per heavy atom. The number of nitrogens with two attached hydrogens (primary N) is 1. The van der Waals surface area contributed by atoms with Crippen molar-refractivity contribution in [1.29, 1.82) is 0 Å². The molecule has 0 fully saturated rings. The Morgan fingerprint density at radius 1 is 1.40 bits per heavy atom. The van der Waals surface area contributed by atoms with Crippen LogP contribution in [-0.2, 0) is 0 Å². The van der Waals surface area contributed by atoms with Gasteiger partial charge in [0, 0.05) is 0 Å². The molecule has 0 radical (unpaired) electrons. The fraction of sp³-hybridized carbons (Fsp3) is 0.154. The Kier molecular flexibility index (Phi) is 4.09. The van der Waals surface area contributed by atoms with Gasteiger partial charge in [-0.1, -0.05) is 23.5 Å². The first-order valence-electron chi connectivity index (χ1n) is 5.81. The standard InChI is InChI=1S/C13H13FN4OS/c1-7(9-3-5-10(14)6-4-9)17-18-12(19)11-8(2)16-13(15)20-11/h3-6H,1-2H3,(H2,15,16)(H,18,19)/b17-7+. The van der Waals surface area contributed by atoms with Crippen LogP contribution < -0.4 is 11.2 Å². The fourth-order valence-electron chi connectivity index (χ4n) is 1.57. The summed E-state index contributed by atoms with van der Waals surface area (Å²) in [5, 5.41) is 4.32. The number of aryl methyl sites for hydroxylation is 1. The molecule has 0 saturated heterocycles. The van der Waals surface area contributed by atoms with E-state index in [2.05, 4.69) is 15.5 Å². The van der Waals surface area contributed by atoms with Gasteiger partial charge >= 0.3 is 0 Å². The topological polar surface area (TPSA) is 80.4 Å². The van der Waals surface area contributed by atoms with E-state index in [9.17, 15) is 9.18 Å². The number of aromatic nitrogens is 1. The minimum absolute atomic E-state index is 0.318. The number of hydrogen-bond acceptors (Lipinski definition) is 5. The number of carbonyl (C=O) groups excluding carboxylic acids is 1. The molecular formula is C13H13FN4OS. The van der Waals surface area contributed by atoms with E-state index < -0.39 is 0 Å². The molecule has 104 valence electrons. The van der Waals surface area contributed by atoms with Crippen molar-refractivity contribution in [3.8, 4) is 0 Å². The number of rotatable bonds is 3. The third-order valence-corrected chi connectivity index (χ3v) is 3.59. The van der Waals surface area contributed by atoms with E-state index in [1.807, 2.05) is 0 Å². The summed E-state index contributed by atoms with van der Waals surface area (Å²) in [6, 6.07) is 5.86. The fourth-order valence-corrected chi connectivity index (χ4v) is 2.29. The molecule has 0 aliphatic carbocycles. The lowest BCUT2D eigenvalue weighted by atomic mass is 10.1. The molecule has 1 heterocycles. The number of halogens is 1. The van der Waals surface area contributed by atoms with Crippen molar-refractivity contribution >= 4 is 28.1 Å². The van der Waals surface area contributed by atoms with Gasteiger partial charge in [-0.15, -0.1) is 0 Å². The Morgan fingerprint density at radius 2 is 2.05 bits per heavy atom. The summed E-state index contributed by atoms with van der Waals surface area (Å²) in [5.74, 6) is -0.681. The number of hydrogen-bond donors (Lipinski definition) is 2. The van der Waals surface area contributed by atoms with Gasteiger partial charge in [0.15, 0.2) is 5.13 Å². The largest absolute Gasteiger partial charge is 0.375 e. The first-order valence-corrected chi connectivity index (χ1v) is 6.62.